The molecule has 0 fully saturated rings. The van der Waals surface area contributed by atoms with Gasteiger partial charge in [0.05, 0.1) is 5.52 Å². The van der Waals surface area contributed by atoms with Gasteiger partial charge in [-0.2, -0.15) is 27.1 Å². The molecule has 160 valence electrons. The first-order valence-corrected chi connectivity index (χ1v) is 8.31. The van der Waals surface area contributed by atoms with E-state index in [-0.39, 0.29) is 23.5 Å². The van der Waals surface area contributed by atoms with Crippen molar-refractivity contribution >= 4 is 22.6 Å². The number of para-hydroxylation sites is 1. The molecule has 4 N–H and O–H groups in total. The quantitative estimate of drug-likeness (QED) is 0.583. The standard InChI is InChI=1S/C18H14F6N4O2/c19-12-3-1-2-10(15(12)30-8-17(20,21)18(22,23)24)9-4-5-11-13(6-9)28(7-14(25)29)27-16(11)26/h1-6H,7-8H2,(H2,25,29)(H2,26,27). The highest BCUT2D eigenvalue weighted by atomic mass is 19.4. The van der Waals surface area contributed by atoms with Crippen molar-refractivity contribution in [1.29, 1.82) is 0 Å². The maximum atomic E-state index is 14.2. The van der Waals surface area contributed by atoms with E-state index in [1.807, 2.05) is 0 Å². The summed E-state index contributed by atoms with van der Waals surface area (Å²) in [4.78, 5) is 11.2. The number of benzene rings is 2. The summed E-state index contributed by atoms with van der Waals surface area (Å²) in [5, 5.41) is 4.40. The molecule has 0 saturated heterocycles. The second-order valence-corrected chi connectivity index (χ2v) is 6.35. The van der Waals surface area contributed by atoms with Gasteiger partial charge in [-0.25, -0.2) is 4.39 Å². The zero-order valence-electron chi connectivity index (χ0n) is 15.0. The van der Waals surface area contributed by atoms with Crippen molar-refractivity contribution in [3.05, 3.63) is 42.2 Å². The van der Waals surface area contributed by atoms with Crippen molar-refractivity contribution in [1.82, 2.24) is 9.78 Å². The fraction of sp³-hybridized carbons (Fsp3) is 0.222. The number of hydrogen-bond donors (Lipinski definition) is 2. The summed E-state index contributed by atoms with van der Waals surface area (Å²) < 4.78 is 83.6. The molecule has 1 aromatic heterocycles. The molecule has 0 spiro atoms. The fourth-order valence-corrected chi connectivity index (χ4v) is 2.76. The third-order valence-electron chi connectivity index (χ3n) is 4.18. The molecule has 3 rings (SSSR count). The van der Waals surface area contributed by atoms with E-state index in [1.165, 1.54) is 35.0 Å². The average molecular weight is 432 g/mol. The summed E-state index contributed by atoms with van der Waals surface area (Å²) in [6.45, 7) is -2.42. The molecular formula is C18H14F6N4O2. The molecule has 1 heterocycles. The molecule has 0 radical (unpaired) electrons. The lowest BCUT2D eigenvalue weighted by molar-refractivity contribution is -0.290. The zero-order chi connectivity index (χ0) is 22.3. The molecule has 6 nitrogen and oxygen atoms in total. The minimum absolute atomic E-state index is 0.0818. The first kappa shape index (κ1) is 21.3. The van der Waals surface area contributed by atoms with Crippen molar-refractivity contribution in [3.8, 4) is 16.9 Å². The number of primary amides is 1. The summed E-state index contributed by atoms with van der Waals surface area (Å²) in [6.07, 6.45) is -5.85. The Bertz CT molecular complexity index is 1110. The molecule has 12 heteroatoms. The number of carbonyl (C=O) groups is 1. The van der Waals surface area contributed by atoms with Crippen LogP contribution in [0.25, 0.3) is 22.0 Å². The molecular weight excluding hydrogens is 418 g/mol. The highest BCUT2D eigenvalue weighted by Crippen LogP contribution is 2.39. The Kier molecular flexibility index (Phi) is 5.27. The number of amides is 1. The lowest BCUT2D eigenvalue weighted by Gasteiger charge is -2.21. The Morgan fingerprint density at radius 3 is 2.47 bits per heavy atom. The van der Waals surface area contributed by atoms with Crippen LogP contribution in [0.3, 0.4) is 0 Å². The van der Waals surface area contributed by atoms with Gasteiger partial charge in [0.25, 0.3) is 0 Å². The molecule has 0 atom stereocenters. The molecule has 0 aliphatic carbocycles. The highest BCUT2D eigenvalue weighted by molar-refractivity contribution is 5.93. The maximum absolute atomic E-state index is 14.2. The monoisotopic (exact) mass is 432 g/mol. The summed E-state index contributed by atoms with van der Waals surface area (Å²) >= 11 is 0. The van der Waals surface area contributed by atoms with Crippen molar-refractivity contribution < 1.29 is 35.9 Å². The Morgan fingerprint density at radius 2 is 1.83 bits per heavy atom. The number of nitrogen functional groups attached to an aromatic ring is 1. The third-order valence-corrected chi connectivity index (χ3v) is 4.18. The topological polar surface area (TPSA) is 96.2 Å². The molecule has 3 aromatic rings. The lowest BCUT2D eigenvalue weighted by Crippen LogP contribution is -2.41. The van der Waals surface area contributed by atoms with Crippen molar-refractivity contribution in [3.63, 3.8) is 0 Å². The number of nitrogens with two attached hydrogens (primary N) is 2. The van der Waals surface area contributed by atoms with Crippen LogP contribution in [0.4, 0.5) is 32.2 Å². The Labute approximate surface area is 165 Å². The van der Waals surface area contributed by atoms with Crippen LogP contribution in [0.15, 0.2) is 36.4 Å². The first-order valence-electron chi connectivity index (χ1n) is 8.31. The van der Waals surface area contributed by atoms with Crippen LogP contribution in [0.2, 0.25) is 0 Å². The second kappa shape index (κ2) is 7.43. The smallest absolute Gasteiger partial charge is 0.456 e. The minimum atomic E-state index is -5.85. The normalized spacial score (nSPS) is 12.3. The SMILES string of the molecule is NC(=O)Cn1nc(N)c2ccc(-c3cccc(F)c3OCC(F)(F)C(F)(F)F)cc21. The molecule has 0 bridgehead atoms. The van der Waals surface area contributed by atoms with Crippen LogP contribution in [-0.2, 0) is 11.3 Å². The fourth-order valence-electron chi connectivity index (χ4n) is 2.76. The Hall–Kier alpha value is -3.44. The van der Waals surface area contributed by atoms with Crippen LogP contribution < -0.4 is 16.2 Å². The van der Waals surface area contributed by atoms with Gasteiger partial charge in [0, 0.05) is 10.9 Å². The summed E-state index contributed by atoms with van der Waals surface area (Å²) in [5.41, 5.74) is 11.4. The van der Waals surface area contributed by atoms with E-state index in [9.17, 15) is 31.1 Å². The molecule has 1 amide bonds. The number of fused-ring (bicyclic) bond motifs is 1. The van der Waals surface area contributed by atoms with Gasteiger partial charge >= 0.3 is 12.1 Å². The highest BCUT2D eigenvalue weighted by Gasteiger charge is 2.58. The van der Waals surface area contributed by atoms with E-state index in [1.54, 1.807) is 0 Å². The molecule has 0 aliphatic heterocycles. The van der Waals surface area contributed by atoms with Crippen molar-refractivity contribution in [2.45, 2.75) is 18.6 Å². The number of rotatable bonds is 6. The van der Waals surface area contributed by atoms with Crippen LogP contribution in [0.1, 0.15) is 0 Å². The van der Waals surface area contributed by atoms with Crippen LogP contribution >= 0.6 is 0 Å². The van der Waals surface area contributed by atoms with E-state index < -0.39 is 36.2 Å². The number of halogens is 6. The summed E-state index contributed by atoms with van der Waals surface area (Å²) in [5.74, 6) is -7.72. The van der Waals surface area contributed by atoms with E-state index in [2.05, 4.69) is 9.84 Å². The van der Waals surface area contributed by atoms with Gasteiger partial charge in [-0.15, -0.1) is 0 Å². The van der Waals surface area contributed by atoms with E-state index in [0.29, 0.717) is 10.9 Å². The Morgan fingerprint density at radius 1 is 1.13 bits per heavy atom. The predicted molar refractivity (Wildman–Crippen MR) is 95.2 cm³/mol. The van der Waals surface area contributed by atoms with Crippen molar-refractivity contribution in [2.24, 2.45) is 5.73 Å². The van der Waals surface area contributed by atoms with Gasteiger partial charge in [-0.1, -0.05) is 18.2 Å². The summed E-state index contributed by atoms with van der Waals surface area (Å²) in [7, 11) is 0. The van der Waals surface area contributed by atoms with Crippen molar-refractivity contribution in [2.75, 3.05) is 12.3 Å². The van der Waals surface area contributed by atoms with Crippen LogP contribution in [0.5, 0.6) is 5.75 Å². The number of nitrogens with zero attached hydrogens (tertiary/aromatic N) is 2. The van der Waals surface area contributed by atoms with E-state index in [4.69, 9.17) is 11.5 Å². The second-order valence-electron chi connectivity index (χ2n) is 6.35. The van der Waals surface area contributed by atoms with E-state index in [0.717, 1.165) is 6.07 Å². The van der Waals surface area contributed by atoms with Gasteiger partial charge in [-0.05, 0) is 23.8 Å². The molecule has 0 aliphatic rings. The number of aromatic nitrogens is 2. The number of ether oxygens (including phenoxy) is 1. The molecule has 0 unspecified atom stereocenters. The predicted octanol–water partition coefficient (Wildman–Crippen LogP) is 3.49. The maximum Gasteiger partial charge on any atom is 0.456 e. The van der Waals surface area contributed by atoms with Gasteiger partial charge in [0.2, 0.25) is 5.91 Å². The molecule has 2 aromatic carbocycles. The third kappa shape index (κ3) is 3.98. The van der Waals surface area contributed by atoms with Gasteiger partial charge in [0.1, 0.15) is 6.54 Å². The number of hydrogen-bond acceptors (Lipinski definition) is 4. The lowest BCUT2D eigenvalue weighted by atomic mass is 10.0. The largest absolute Gasteiger partial charge is 0.483 e. The molecule has 0 saturated carbocycles. The Balaban J connectivity index is 2.05. The van der Waals surface area contributed by atoms with Gasteiger partial charge < -0.3 is 16.2 Å². The summed E-state index contributed by atoms with van der Waals surface area (Å²) in [6, 6.07) is 7.69. The number of carbonyl (C=O) groups excluding carboxylic acids is 1. The number of alkyl halides is 5. The van der Waals surface area contributed by atoms with Crippen LogP contribution in [-0.4, -0.2) is 34.4 Å². The van der Waals surface area contributed by atoms with Gasteiger partial charge in [-0.3, -0.25) is 9.48 Å². The first-order chi connectivity index (χ1) is 13.9. The van der Waals surface area contributed by atoms with Crippen LogP contribution in [0, 0.1) is 5.82 Å². The van der Waals surface area contributed by atoms with E-state index >= 15 is 0 Å². The average Bonchev–Trinajstić information content (AvgIpc) is 2.94. The zero-order valence-corrected chi connectivity index (χ0v) is 15.0. The number of anilines is 1. The molecule has 30 heavy (non-hydrogen) atoms. The minimum Gasteiger partial charge on any atom is -0.483 e. The van der Waals surface area contributed by atoms with Gasteiger partial charge in [0.15, 0.2) is 24.0 Å².